The first-order chi connectivity index (χ1) is 12.1. The fourth-order valence-electron chi connectivity index (χ4n) is 3.14. The van der Waals surface area contributed by atoms with Gasteiger partial charge in [-0.3, -0.25) is 4.79 Å². The normalized spacial score (nSPS) is 17.8. The van der Waals surface area contributed by atoms with Gasteiger partial charge in [-0.15, -0.1) is 0 Å². The number of rotatable bonds is 4. The summed E-state index contributed by atoms with van der Waals surface area (Å²) in [6.45, 7) is 5.83. The van der Waals surface area contributed by atoms with Crippen molar-refractivity contribution in [3.63, 3.8) is 0 Å². The zero-order valence-electron chi connectivity index (χ0n) is 14.2. The van der Waals surface area contributed by atoms with Crippen molar-refractivity contribution in [1.29, 1.82) is 0 Å². The summed E-state index contributed by atoms with van der Waals surface area (Å²) < 4.78 is 1.50. The summed E-state index contributed by atoms with van der Waals surface area (Å²) in [6.07, 6.45) is 5.68. The van der Waals surface area contributed by atoms with Gasteiger partial charge in [0.2, 0.25) is 0 Å². The second-order valence-corrected chi connectivity index (χ2v) is 7.14. The smallest absolute Gasteiger partial charge is 0.287 e. The molecule has 0 unspecified atom stereocenters. The van der Waals surface area contributed by atoms with Crippen LogP contribution in [0.1, 0.15) is 18.5 Å². The van der Waals surface area contributed by atoms with Crippen LogP contribution >= 0.6 is 11.6 Å². The molecule has 2 aromatic rings. The highest BCUT2D eigenvalue weighted by molar-refractivity contribution is 6.33. The van der Waals surface area contributed by atoms with E-state index in [9.17, 15) is 4.79 Å². The number of anilines is 2. The van der Waals surface area contributed by atoms with E-state index in [0.29, 0.717) is 12.5 Å². The Hall–Kier alpha value is -2.15. The zero-order chi connectivity index (χ0) is 17.4. The van der Waals surface area contributed by atoms with Crippen LogP contribution in [-0.2, 0) is 6.54 Å². The Morgan fingerprint density at radius 2 is 1.88 bits per heavy atom. The SMILES string of the molecule is Cc1cc(N2CCN(c3cnn(CC4CC4)c(=O)c3Cl)CC2)ncn1. The van der Waals surface area contributed by atoms with Crippen molar-refractivity contribution >= 4 is 23.1 Å². The molecule has 1 aliphatic carbocycles. The van der Waals surface area contributed by atoms with E-state index in [1.807, 2.05) is 13.0 Å². The fourth-order valence-corrected chi connectivity index (χ4v) is 3.41. The molecule has 8 heteroatoms. The third-order valence-corrected chi connectivity index (χ3v) is 5.18. The van der Waals surface area contributed by atoms with E-state index >= 15 is 0 Å². The number of hydrogen-bond acceptors (Lipinski definition) is 6. The second-order valence-electron chi connectivity index (χ2n) is 6.77. The third kappa shape index (κ3) is 3.46. The van der Waals surface area contributed by atoms with E-state index in [0.717, 1.165) is 43.4 Å². The van der Waals surface area contributed by atoms with Crippen LogP contribution in [0.2, 0.25) is 5.02 Å². The highest BCUT2D eigenvalue weighted by Crippen LogP contribution is 2.30. The van der Waals surface area contributed by atoms with Crippen molar-refractivity contribution in [2.75, 3.05) is 36.0 Å². The first-order valence-electron chi connectivity index (χ1n) is 8.66. The molecular weight excluding hydrogens is 340 g/mol. The number of hydrogen-bond donors (Lipinski definition) is 0. The summed E-state index contributed by atoms with van der Waals surface area (Å²) >= 11 is 6.36. The van der Waals surface area contributed by atoms with Crippen LogP contribution in [0, 0.1) is 12.8 Å². The van der Waals surface area contributed by atoms with Crippen molar-refractivity contribution in [2.45, 2.75) is 26.3 Å². The van der Waals surface area contributed by atoms with Gasteiger partial charge in [-0.1, -0.05) is 11.6 Å². The van der Waals surface area contributed by atoms with Gasteiger partial charge < -0.3 is 9.80 Å². The molecule has 1 aliphatic heterocycles. The molecule has 132 valence electrons. The Labute approximate surface area is 151 Å². The molecule has 1 saturated heterocycles. The minimum Gasteiger partial charge on any atom is -0.365 e. The summed E-state index contributed by atoms with van der Waals surface area (Å²) in [5.41, 5.74) is 1.51. The highest BCUT2D eigenvalue weighted by Gasteiger charge is 2.25. The van der Waals surface area contributed by atoms with Crippen LogP contribution in [0.25, 0.3) is 0 Å². The molecule has 3 heterocycles. The molecule has 4 rings (SSSR count). The van der Waals surface area contributed by atoms with Crippen molar-refractivity contribution < 1.29 is 0 Å². The average Bonchev–Trinajstić information content (AvgIpc) is 3.44. The molecule has 0 N–H and O–H groups in total. The molecule has 0 atom stereocenters. The van der Waals surface area contributed by atoms with Gasteiger partial charge in [0.1, 0.15) is 17.2 Å². The van der Waals surface area contributed by atoms with E-state index in [1.54, 1.807) is 12.5 Å². The standard InChI is InChI=1S/C17H21ClN6O/c1-12-8-15(20-11-19-12)23-6-4-22(5-7-23)14-9-21-24(10-13-2-3-13)17(25)16(14)18/h8-9,11,13H,2-7,10H2,1H3. The lowest BCUT2D eigenvalue weighted by molar-refractivity contribution is 0.531. The van der Waals surface area contributed by atoms with Crippen LogP contribution in [0.4, 0.5) is 11.5 Å². The Morgan fingerprint density at radius 1 is 1.16 bits per heavy atom. The lowest BCUT2D eigenvalue weighted by Gasteiger charge is -2.36. The van der Waals surface area contributed by atoms with Crippen molar-refractivity contribution in [2.24, 2.45) is 5.92 Å². The lowest BCUT2D eigenvalue weighted by Crippen LogP contribution is -2.47. The van der Waals surface area contributed by atoms with Gasteiger partial charge in [0.25, 0.3) is 5.56 Å². The largest absolute Gasteiger partial charge is 0.365 e. The zero-order valence-corrected chi connectivity index (χ0v) is 15.0. The predicted molar refractivity (Wildman–Crippen MR) is 97.4 cm³/mol. The maximum atomic E-state index is 12.4. The molecule has 0 radical (unpaired) electrons. The second kappa shape index (κ2) is 6.63. The van der Waals surface area contributed by atoms with Crippen molar-refractivity contribution in [1.82, 2.24) is 19.7 Å². The molecular formula is C17H21ClN6O. The Bertz CT molecular complexity index is 826. The van der Waals surface area contributed by atoms with Crippen molar-refractivity contribution in [3.05, 3.63) is 39.7 Å². The molecule has 2 aliphatic rings. The summed E-state index contributed by atoms with van der Waals surface area (Å²) in [7, 11) is 0. The molecule has 2 fully saturated rings. The molecule has 0 aromatic carbocycles. The van der Waals surface area contributed by atoms with Gasteiger partial charge in [-0.2, -0.15) is 5.10 Å². The van der Waals surface area contributed by atoms with Crippen LogP contribution < -0.4 is 15.4 Å². The quantitative estimate of drug-likeness (QED) is 0.827. The molecule has 25 heavy (non-hydrogen) atoms. The summed E-state index contributed by atoms with van der Waals surface area (Å²) in [5, 5.41) is 4.61. The summed E-state index contributed by atoms with van der Waals surface area (Å²) in [4.78, 5) is 25.3. The first-order valence-corrected chi connectivity index (χ1v) is 9.04. The number of aryl methyl sites for hydroxylation is 1. The van der Waals surface area contributed by atoms with Gasteiger partial charge in [-0.25, -0.2) is 14.6 Å². The first kappa shape index (κ1) is 16.3. The van der Waals surface area contributed by atoms with Crippen LogP contribution in [0.3, 0.4) is 0 Å². The number of halogens is 1. The van der Waals surface area contributed by atoms with Gasteiger partial charge in [-0.05, 0) is 25.7 Å². The molecule has 0 bridgehead atoms. The predicted octanol–water partition coefficient (Wildman–Crippen LogP) is 1.73. The molecule has 2 aromatic heterocycles. The molecule has 1 saturated carbocycles. The Morgan fingerprint density at radius 3 is 2.56 bits per heavy atom. The van der Waals surface area contributed by atoms with E-state index in [2.05, 4.69) is 24.9 Å². The van der Waals surface area contributed by atoms with E-state index in [-0.39, 0.29) is 10.6 Å². The Balaban J connectivity index is 1.47. The van der Waals surface area contributed by atoms with Gasteiger partial charge >= 0.3 is 0 Å². The van der Waals surface area contributed by atoms with E-state index in [1.165, 1.54) is 17.5 Å². The molecule has 0 spiro atoms. The summed E-state index contributed by atoms with van der Waals surface area (Å²) in [5.74, 6) is 1.53. The van der Waals surface area contributed by atoms with Crippen LogP contribution in [-0.4, -0.2) is 45.9 Å². The fraction of sp³-hybridized carbons (Fsp3) is 0.529. The minimum absolute atomic E-state index is 0.181. The van der Waals surface area contributed by atoms with Crippen LogP contribution in [0.15, 0.2) is 23.4 Å². The maximum Gasteiger partial charge on any atom is 0.287 e. The van der Waals surface area contributed by atoms with Gasteiger partial charge in [0.05, 0.1) is 11.9 Å². The minimum atomic E-state index is -0.181. The highest BCUT2D eigenvalue weighted by atomic mass is 35.5. The topological polar surface area (TPSA) is 67.2 Å². The van der Waals surface area contributed by atoms with Crippen molar-refractivity contribution in [3.8, 4) is 0 Å². The van der Waals surface area contributed by atoms with Crippen LogP contribution in [0.5, 0.6) is 0 Å². The Kier molecular flexibility index (Phi) is 4.33. The number of piperazine rings is 1. The maximum absolute atomic E-state index is 12.4. The number of nitrogens with zero attached hydrogens (tertiary/aromatic N) is 6. The van der Waals surface area contributed by atoms with Gasteiger partial charge in [0, 0.05) is 44.5 Å². The average molecular weight is 361 g/mol. The summed E-state index contributed by atoms with van der Waals surface area (Å²) in [6, 6.07) is 1.99. The van der Waals surface area contributed by atoms with E-state index in [4.69, 9.17) is 11.6 Å². The monoisotopic (exact) mass is 360 g/mol. The molecule has 7 nitrogen and oxygen atoms in total. The number of aromatic nitrogens is 4. The third-order valence-electron chi connectivity index (χ3n) is 4.83. The van der Waals surface area contributed by atoms with Gasteiger partial charge in [0.15, 0.2) is 0 Å². The van der Waals surface area contributed by atoms with E-state index < -0.39 is 0 Å². The lowest BCUT2D eigenvalue weighted by atomic mass is 10.2. The molecule has 0 amide bonds.